The zero-order valence-corrected chi connectivity index (χ0v) is 26.9. The maximum atomic E-state index is 12.8. The molecule has 0 bridgehead atoms. The molecule has 2 aliphatic heterocycles. The number of rotatable bonds is 9. The molecule has 2 aliphatic rings. The van der Waals surface area contributed by atoms with Crippen LogP contribution in [0.3, 0.4) is 0 Å². The number of esters is 2. The SMILES string of the molecule is COC(=O)C(C[C@@H]1C[C@]2(O[Si](C)(C)C)C[C@H](CI)O[C@@H]2O[C@H](c2ccccc2)[C@@H](c2ccccc2)O1)C(=O)OC. The van der Waals surface area contributed by atoms with Crippen LogP contribution in [-0.2, 0) is 37.7 Å². The van der Waals surface area contributed by atoms with Gasteiger partial charge in [0.1, 0.15) is 17.8 Å². The van der Waals surface area contributed by atoms with Gasteiger partial charge < -0.3 is 28.1 Å². The quantitative estimate of drug-likeness (QED) is 0.108. The molecule has 10 heteroatoms. The average Bonchev–Trinajstić information content (AvgIpc) is 3.26. The molecule has 2 aromatic rings. The second-order valence-electron chi connectivity index (χ2n) is 11.3. The Kier molecular flexibility index (Phi) is 10.4. The molecule has 0 radical (unpaired) electrons. The average molecular weight is 683 g/mol. The minimum atomic E-state index is -2.13. The molecule has 8 nitrogen and oxygen atoms in total. The van der Waals surface area contributed by atoms with Gasteiger partial charge in [-0.25, -0.2) is 0 Å². The minimum Gasteiger partial charge on any atom is -0.468 e. The Bertz CT molecular complexity index is 1110. The lowest BCUT2D eigenvalue weighted by molar-refractivity contribution is -0.269. The van der Waals surface area contributed by atoms with Gasteiger partial charge in [0.25, 0.3) is 0 Å². The van der Waals surface area contributed by atoms with E-state index in [0.717, 1.165) is 15.6 Å². The maximum Gasteiger partial charge on any atom is 0.320 e. The fourth-order valence-electron chi connectivity index (χ4n) is 5.68. The topological polar surface area (TPSA) is 89.5 Å². The summed E-state index contributed by atoms with van der Waals surface area (Å²) in [6, 6.07) is 19.8. The van der Waals surface area contributed by atoms with Gasteiger partial charge in [0.05, 0.1) is 26.4 Å². The first-order valence-electron chi connectivity index (χ1n) is 13.6. The number of alkyl halides is 1. The standard InChI is InChI=1S/C30H39IO8Si/c1-34-27(32)24(28(33)35-2)16-22-17-30(39-40(3,4)5)18-23(19-31)37-29(30)38-26(21-14-10-7-11-15-21)25(36-22)20-12-8-6-9-13-20/h6-15,22-26,29H,16-19H2,1-5H3/t22-,23-,25-,26-,29-,30+/m1/s1. The zero-order chi connectivity index (χ0) is 28.9. The number of fused-ring (bicyclic) bond motifs is 1. The number of hydrogen-bond acceptors (Lipinski definition) is 8. The van der Waals surface area contributed by atoms with Gasteiger partial charge in [0.2, 0.25) is 0 Å². The number of benzene rings is 2. The number of carbonyl (C=O) groups is 2. The molecule has 0 spiro atoms. The van der Waals surface area contributed by atoms with Crippen LogP contribution >= 0.6 is 22.6 Å². The first-order chi connectivity index (χ1) is 19.1. The van der Waals surface area contributed by atoms with Crippen molar-refractivity contribution in [2.75, 3.05) is 18.6 Å². The van der Waals surface area contributed by atoms with Crippen LogP contribution in [0.5, 0.6) is 0 Å². The first-order valence-corrected chi connectivity index (χ1v) is 18.5. The minimum absolute atomic E-state index is 0.0720. The van der Waals surface area contributed by atoms with Crippen LogP contribution in [0.15, 0.2) is 60.7 Å². The highest BCUT2D eigenvalue weighted by atomic mass is 127. The third-order valence-corrected chi connectivity index (χ3v) is 9.19. The number of carbonyl (C=O) groups excluding carboxylic acids is 2. The van der Waals surface area contributed by atoms with Gasteiger partial charge in [-0.15, -0.1) is 0 Å². The number of ether oxygens (including phenoxy) is 5. The summed E-state index contributed by atoms with van der Waals surface area (Å²) in [6.07, 6.45) is -1.34. The summed E-state index contributed by atoms with van der Waals surface area (Å²) in [7, 11) is 0.406. The molecular weight excluding hydrogens is 643 g/mol. The van der Waals surface area contributed by atoms with Crippen molar-refractivity contribution < 1.29 is 37.7 Å². The van der Waals surface area contributed by atoms with Crippen molar-refractivity contribution in [2.45, 2.75) is 75.2 Å². The van der Waals surface area contributed by atoms with E-state index in [1.165, 1.54) is 14.2 Å². The Morgan fingerprint density at radius 1 is 0.850 bits per heavy atom. The molecule has 0 aliphatic carbocycles. The summed E-state index contributed by atoms with van der Waals surface area (Å²) in [5, 5.41) is 0. The Labute approximate surface area is 251 Å². The largest absolute Gasteiger partial charge is 0.468 e. The van der Waals surface area contributed by atoms with Gasteiger partial charge >= 0.3 is 11.9 Å². The predicted octanol–water partition coefficient (Wildman–Crippen LogP) is 5.77. The Morgan fingerprint density at radius 2 is 1.35 bits per heavy atom. The second kappa shape index (κ2) is 13.4. The van der Waals surface area contributed by atoms with Crippen LogP contribution in [0.4, 0.5) is 0 Å². The number of methoxy groups -OCH3 is 2. The predicted molar refractivity (Wildman–Crippen MR) is 160 cm³/mol. The molecular formula is C30H39IO8Si. The summed E-state index contributed by atoms with van der Waals surface area (Å²) >= 11 is 2.33. The maximum absolute atomic E-state index is 12.8. The van der Waals surface area contributed by atoms with Crippen LogP contribution in [-0.4, -0.2) is 63.0 Å². The molecule has 0 amide bonds. The third kappa shape index (κ3) is 7.32. The normalized spacial score (nSPS) is 28.8. The Hall–Kier alpha value is -1.83. The van der Waals surface area contributed by atoms with Gasteiger partial charge in [0.15, 0.2) is 20.5 Å². The van der Waals surface area contributed by atoms with Crippen molar-refractivity contribution in [3.8, 4) is 0 Å². The zero-order valence-electron chi connectivity index (χ0n) is 23.7. The van der Waals surface area contributed by atoms with E-state index in [4.69, 9.17) is 28.1 Å². The monoisotopic (exact) mass is 682 g/mol. The first kappa shape index (κ1) is 31.1. The van der Waals surface area contributed by atoms with Gasteiger partial charge in [-0.3, -0.25) is 9.59 Å². The van der Waals surface area contributed by atoms with Gasteiger partial charge in [-0.05, 0) is 37.2 Å². The molecule has 40 heavy (non-hydrogen) atoms. The Balaban J connectivity index is 1.85. The molecule has 0 N–H and O–H groups in total. The van der Waals surface area contributed by atoms with E-state index in [2.05, 4.69) is 42.2 Å². The molecule has 4 rings (SSSR count). The molecule has 2 aromatic carbocycles. The van der Waals surface area contributed by atoms with Crippen molar-refractivity contribution in [1.82, 2.24) is 0 Å². The van der Waals surface area contributed by atoms with E-state index in [-0.39, 0.29) is 12.5 Å². The highest BCUT2D eigenvalue weighted by Gasteiger charge is 2.56. The molecule has 0 unspecified atom stereocenters. The van der Waals surface area contributed by atoms with Crippen molar-refractivity contribution in [3.63, 3.8) is 0 Å². The van der Waals surface area contributed by atoms with Gasteiger partial charge in [-0.2, -0.15) is 0 Å². The molecule has 2 saturated heterocycles. The third-order valence-electron chi connectivity index (χ3n) is 7.18. The van der Waals surface area contributed by atoms with E-state index in [1.54, 1.807) is 0 Å². The highest BCUT2D eigenvalue weighted by Crippen LogP contribution is 2.49. The summed E-state index contributed by atoms with van der Waals surface area (Å²) in [5.74, 6) is -2.46. The molecule has 0 saturated carbocycles. The van der Waals surface area contributed by atoms with Crippen LogP contribution < -0.4 is 0 Å². The van der Waals surface area contributed by atoms with E-state index >= 15 is 0 Å². The molecule has 0 aromatic heterocycles. The molecule has 2 fully saturated rings. The summed E-state index contributed by atoms with van der Waals surface area (Å²) in [6.45, 7) is 6.41. The van der Waals surface area contributed by atoms with Crippen LogP contribution in [0.2, 0.25) is 19.6 Å². The van der Waals surface area contributed by atoms with E-state index in [1.807, 2.05) is 60.7 Å². The lowest BCUT2D eigenvalue weighted by Crippen LogP contribution is -2.54. The molecule has 6 atom stereocenters. The highest BCUT2D eigenvalue weighted by molar-refractivity contribution is 14.1. The van der Waals surface area contributed by atoms with Crippen molar-refractivity contribution >= 4 is 42.8 Å². The number of halogens is 1. The molecule has 2 heterocycles. The van der Waals surface area contributed by atoms with Crippen molar-refractivity contribution in [1.29, 1.82) is 0 Å². The second-order valence-corrected chi connectivity index (χ2v) is 16.6. The van der Waals surface area contributed by atoms with Crippen molar-refractivity contribution in [3.05, 3.63) is 71.8 Å². The number of hydrogen-bond donors (Lipinski definition) is 0. The smallest absolute Gasteiger partial charge is 0.320 e. The van der Waals surface area contributed by atoms with E-state index in [0.29, 0.717) is 12.8 Å². The summed E-state index contributed by atoms with van der Waals surface area (Å²) < 4.78 is 38.1. The lowest BCUT2D eigenvalue weighted by atomic mass is 9.86. The van der Waals surface area contributed by atoms with Crippen LogP contribution in [0.25, 0.3) is 0 Å². The van der Waals surface area contributed by atoms with Crippen molar-refractivity contribution in [2.24, 2.45) is 5.92 Å². The van der Waals surface area contributed by atoms with Crippen LogP contribution in [0.1, 0.15) is 42.6 Å². The Morgan fingerprint density at radius 3 is 1.82 bits per heavy atom. The lowest BCUT2D eigenvalue weighted by Gasteiger charge is -2.46. The van der Waals surface area contributed by atoms with E-state index < -0.39 is 56.4 Å². The summed E-state index contributed by atoms with van der Waals surface area (Å²) in [5.41, 5.74) is 1.02. The van der Waals surface area contributed by atoms with Crippen LogP contribution in [0, 0.1) is 5.92 Å². The van der Waals surface area contributed by atoms with Gasteiger partial charge in [-0.1, -0.05) is 83.3 Å². The summed E-state index contributed by atoms with van der Waals surface area (Å²) in [4.78, 5) is 25.5. The van der Waals surface area contributed by atoms with Gasteiger partial charge in [0, 0.05) is 17.3 Å². The van der Waals surface area contributed by atoms with E-state index in [9.17, 15) is 9.59 Å². The molecule has 218 valence electrons. The fourth-order valence-corrected chi connectivity index (χ4v) is 7.68. The fraction of sp³-hybridized carbons (Fsp3) is 0.533.